The molecule has 29 heteroatoms. The molecule has 0 rings (SSSR count). The predicted octanol–water partition coefficient (Wildman–Crippen LogP) is 10.5. The summed E-state index contributed by atoms with van der Waals surface area (Å²) in [5.74, 6) is -82.2. The van der Waals surface area contributed by atoms with E-state index in [1.807, 2.05) is 0 Å². The smallest absolute Gasteiger partial charge is 0.199 e. The van der Waals surface area contributed by atoms with E-state index in [4.69, 9.17) is 0 Å². The molecule has 0 N–H and O–H groups in total. The van der Waals surface area contributed by atoms with Crippen LogP contribution in [0.2, 0.25) is 0 Å². The van der Waals surface area contributed by atoms with Crippen LogP contribution in [0.4, 0.5) is 114 Å². The molecule has 0 bridgehead atoms. The van der Waals surface area contributed by atoms with Gasteiger partial charge in [-0.2, -0.15) is 114 Å². The van der Waals surface area contributed by atoms with Crippen molar-refractivity contribution in [2.75, 3.05) is 5.75 Å². The molecule has 0 atom stereocenters. The second-order valence-corrected chi connectivity index (χ2v) is 13.1. The summed E-state index contributed by atoms with van der Waals surface area (Å²) in [6.07, 6.45) is -16.0. The van der Waals surface area contributed by atoms with Crippen molar-refractivity contribution in [3.05, 3.63) is 0 Å². The van der Waals surface area contributed by atoms with Gasteiger partial charge >= 0.3 is 70.9 Å². The Bertz CT molecular complexity index is 987. The fourth-order valence-electron chi connectivity index (χ4n) is 2.15. The molecule has 0 aliphatic rings. The zero-order valence-electron chi connectivity index (χ0n) is 17.7. The Morgan fingerprint density at radius 2 is 0.524 bits per heavy atom. The first-order valence-corrected chi connectivity index (χ1v) is 12.0. The maximum atomic E-state index is 14.0. The molecule has 0 fully saturated rings. The van der Waals surface area contributed by atoms with Gasteiger partial charge in [-0.3, -0.25) is 0 Å². The van der Waals surface area contributed by atoms with Gasteiger partial charge in [-0.1, -0.05) is 0 Å². The highest BCUT2D eigenvalue weighted by atomic mass is 36.0. The summed E-state index contributed by atoms with van der Waals surface area (Å²) in [6, 6.07) is 0. The van der Waals surface area contributed by atoms with Crippen LogP contribution in [0.15, 0.2) is 0 Å². The van der Waals surface area contributed by atoms with Crippen LogP contribution in [0, 0.1) is 0 Å². The van der Waals surface area contributed by atoms with E-state index in [0.29, 0.717) is 0 Å². The zero-order valence-corrected chi connectivity index (χ0v) is 20.0. The third-order valence-electron chi connectivity index (χ3n) is 4.64. The fraction of sp³-hybridized carbons (Fsp3) is 1.00. The van der Waals surface area contributed by atoms with Crippen molar-refractivity contribution < 1.29 is 114 Å². The summed E-state index contributed by atoms with van der Waals surface area (Å²) in [4.78, 5) is 0. The molecule has 0 aliphatic carbocycles. The molecule has 0 nitrogen and oxygen atoms in total. The minimum Gasteiger partial charge on any atom is -0.199 e. The van der Waals surface area contributed by atoms with Crippen LogP contribution in [-0.4, -0.2) is 76.7 Å². The van der Waals surface area contributed by atoms with E-state index in [1.54, 1.807) is 0 Å². The van der Waals surface area contributed by atoms with Gasteiger partial charge in [-0.15, -0.1) is 0 Å². The molecule has 0 saturated heterocycles. The average molecular weight is 755 g/mol. The topological polar surface area (TPSA) is 0 Å². The third-order valence-corrected chi connectivity index (χ3v) is 8.19. The Hall–Kier alpha value is -0.890. The van der Waals surface area contributed by atoms with E-state index in [0.717, 1.165) is 0 Å². The van der Waals surface area contributed by atoms with E-state index < -0.39 is 85.1 Å². The van der Waals surface area contributed by atoms with Crippen molar-refractivity contribution >= 4 is 29.8 Å². The van der Waals surface area contributed by atoms with Crippen LogP contribution in [0.3, 0.4) is 0 Å². The summed E-state index contributed by atoms with van der Waals surface area (Å²) in [7, 11) is 0.345. The molecule has 0 amide bonds. The summed E-state index contributed by atoms with van der Waals surface area (Å²) in [5.41, 5.74) is 0. The normalized spacial score (nSPS) is 17.5. The van der Waals surface area contributed by atoms with E-state index in [1.165, 1.54) is 0 Å². The molecular weight excluding hydrogens is 753 g/mol. The molecule has 0 aromatic carbocycles. The number of hydrogen-bond donors (Lipinski definition) is 0. The Kier molecular flexibility index (Phi) is 9.84. The average Bonchev–Trinajstić information content (AvgIpc) is 2.69. The Morgan fingerprint density at radius 3 is 0.762 bits per heavy atom. The van der Waals surface area contributed by atoms with Crippen LogP contribution in [0.5, 0.6) is 0 Å². The van der Waals surface area contributed by atoms with E-state index in [9.17, 15) is 114 Å². The van der Waals surface area contributed by atoms with Crippen molar-refractivity contribution in [3.8, 4) is 0 Å². The number of rotatable bonds is 11. The molecule has 0 saturated carbocycles. The van der Waals surface area contributed by atoms with Crippen LogP contribution in [-0.2, 0) is 0 Å². The second-order valence-electron chi connectivity index (χ2n) is 7.53. The first-order valence-electron chi connectivity index (χ1n) is 8.57. The number of hydrogen-bond acceptors (Lipinski definition) is 0. The van der Waals surface area contributed by atoms with Crippen LogP contribution >= 0.6 is 29.8 Å². The van der Waals surface area contributed by atoms with Crippen LogP contribution in [0.1, 0.15) is 0 Å². The lowest BCUT2D eigenvalue weighted by molar-refractivity contribution is -0.438. The van der Waals surface area contributed by atoms with E-state index in [-0.39, 0.29) is 0 Å². The van der Waals surface area contributed by atoms with Crippen molar-refractivity contribution in [3.63, 3.8) is 0 Å². The van der Waals surface area contributed by atoms with Crippen LogP contribution < -0.4 is 0 Å². The predicted molar refractivity (Wildman–Crippen MR) is 85.7 cm³/mol. The maximum absolute atomic E-state index is 14.0. The Labute approximate surface area is 221 Å². The molecule has 0 spiro atoms. The Balaban J connectivity index is 7.03. The van der Waals surface area contributed by atoms with E-state index in [2.05, 4.69) is 21.4 Å². The molecule has 256 valence electrons. The second kappa shape index (κ2) is 10.1. The Morgan fingerprint density at radius 1 is 0.310 bits per heavy atom. The summed E-state index contributed by atoms with van der Waals surface area (Å²) in [5, 5.41) is -8.15. The molecular formula is C13H2Cl2F26S. The summed E-state index contributed by atoms with van der Waals surface area (Å²) >= 11 is 0. The molecule has 0 aromatic rings. The molecule has 0 aliphatic heterocycles. The summed E-state index contributed by atoms with van der Waals surface area (Å²) < 4.78 is 340. The first-order chi connectivity index (χ1) is 17.5. The van der Waals surface area contributed by atoms with Crippen molar-refractivity contribution in [2.24, 2.45) is 0 Å². The maximum Gasteiger partial charge on any atom is 0.460 e. The minimum atomic E-state index is -8.88. The van der Waals surface area contributed by atoms with Gasteiger partial charge in [0, 0.05) is 0 Å². The lowest BCUT2D eigenvalue weighted by Crippen LogP contribution is -2.71. The molecule has 0 aromatic heterocycles. The standard InChI is InChI=1S/C13H2Cl2F26S/c14-42(15,13(40,41)10(32,33)7(26,27)6(24,25)9(30,31)12(37,38)39)1-2(16,17)3(18,19)4(20,21)5(22,23)8(28,29)11(34,35)36/h1H2. The van der Waals surface area contributed by atoms with Gasteiger partial charge in [-0.25, -0.2) is 0 Å². The SMILES string of the molecule is FC(F)(F)C(F)(F)C(F)(F)C(F)(F)C(F)(F)C(F)(F)CS(Cl)(Cl)C(F)(F)C(F)(F)C(F)(F)C(F)(F)C(F)(F)C(F)(F)F. The highest BCUT2D eigenvalue weighted by Gasteiger charge is 2.94. The van der Waals surface area contributed by atoms with Crippen molar-refractivity contribution in [2.45, 2.75) is 70.9 Å². The quantitative estimate of drug-likeness (QED) is 0.184. The minimum absolute atomic E-state index is 4.05. The molecule has 0 unspecified atom stereocenters. The molecule has 0 heterocycles. The summed E-state index contributed by atoms with van der Waals surface area (Å²) in [6.45, 7) is 0. The molecule has 42 heavy (non-hydrogen) atoms. The zero-order chi connectivity index (χ0) is 35.2. The monoisotopic (exact) mass is 754 g/mol. The number of halogens is 28. The largest absolute Gasteiger partial charge is 0.460 e. The highest BCUT2D eigenvalue weighted by molar-refractivity contribution is 8.66. The molecule has 0 radical (unpaired) electrons. The number of alkyl halides is 26. The van der Waals surface area contributed by atoms with Crippen molar-refractivity contribution in [1.82, 2.24) is 0 Å². The first kappa shape index (κ1) is 41.1. The van der Waals surface area contributed by atoms with Gasteiger partial charge in [-0.05, 0) is 29.8 Å². The van der Waals surface area contributed by atoms with Gasteiger partial charge in [0.2, 0.25) is 0 Å². The fourth-order valence-corrected chi connectivity index (χ4v) is 4.88. The van der Waals surface area contributed by atoms with Gasteiger partial charge < -0.3 is 0 Å². The van der Waals surface area contributed by atoms with Crippen LogP contribution in [0.25, 0.3) is 0 Å². The van der Waals surface area contributed by atoms with Gasteiger partial charge in [0.1, 0.15) is 0 Å². The van der Waals surface area contributed by atoms with Crippen molar-refractivity contribution in [1.29, 1.82) is 0 Å². The highest BCUT2D eigenvalue weighted by Crippen LogP contribution is 2.78. The van der Waals surface area contributed by atoms with Gasteiger partial charge in [0.25, 0.3) is 0 Å². The van der Waals surface area contributed by atoms with Gasteiger partial charge in [0.15, 0.2) is 0 Å². The lowest BCUT2D eigenvalue weighted by Gasteiger charge is -2.46. The van der Waals surface area contributed by atoms with E-state index >= 15 is 0 Å². The lowest BCUT2D eigenvalue weighted by atomic mass is 9.94. The third kappa shape index (κ3) is 5.24. The van der Waals surface area contributed by atoms with Gasteiger partial charge in [0.05, 0.1) is 5.75 Å².